The van der Waals surface area contributed by atoms with Crippen LogP contribution < -0.4 is 26.2 Å². The second kappa shape index (κ2) is 7.50. The molecule has 0 aliphatic carbocycles. The Balaban J connectivity index is 1.33. The average molecular weight is 443 g/mol. The molecule has 0 spiro atoms. The van der Waals surface area contributed by atoms with Crippen molar-refractivity contribution in [3.05, 3.63) is 49.6 Å². The Morgan fingerprint density at radius 3 is 3.00 bits per heavy atom. The highest BCUT2D eigenvalue weighted by Gasteiger charge is 2.34. The minimum absolute atomic E-state index is 0.177. The van der Waals surface area contributed by atoms with Crippen molar-refractivity contribution in [2.45, 2.75) is 12.6 Å². The summed E-state index contributed by atoms with van der Waals surface area (Å²) in [5, 5.41) is 2.58. The fourth-order valence-electron chi connectivity index (χ4n) is 4.15. The van der Waals surface area contributed by atoms with E-state index in [1.54, 1.807) is 13.1 Å². The van der Waals surface area contributed by atoms with E-state index in [4.69, 9.17) is 4.74 Å². The summed E-state index contributed by atoms with van der Waals surface area (Å²) >= 11 is 1.43. The van der Waals surface area contributed by atoms with Gasteiger partial charge in [-0.05, 0) is 18.2 Å². The molecule has 0 aromatic carbocycles. The summed E-state index contributed by atoms with van der Waals surface area (Å²) in [4.78, 5) is 48.8. The Morgan fingerprint density at radius 2 is 2.19 bits per heavy atom. The molecule has 31 heavy (non-hydrogen) atoms. The van der Waals surface area contributed by atoms with E-state index in [-0.39, 0.29) is 17.5 Å². The minimum atomic E-state index is -0.401. The molecule has 3 aromatic heterocycles. The zero-order valence-corrected chi connectivity index (χ0v) is 18.0. The smallest absolute Gasteiger partial charge is 0.328 e. The number of ether oxygens (including phenoxy) is 1. The van der Waals surface area contributed by atoms with Crippen molar-refractivity contribution >= 4 is 33.1 Å². The molecule has 1 unspecified atom stereocenters. The van der Waals surface area contributed by atoms with Gasteiger partial charge in [-0.1, -0.05) is 0 Å². The van der Waals surface area contributed by atoms with Gasteiger partial charge in [0, 0.05) is 45.2 Å². The lowest BCUT2D eigenvalue weighted by Crippen LogP contribution is -2.57. The highest BCUT2D eigenvalue weighted by molar-refractivity contribution is 7.18. The molecule has 1 saturated heterocycles. The van der Waals surface area contributed by atoms with Gasteiger partial charge in [-0.25, -0.2) is 9.78 Å². The number of carbonyl (C=O) groups excluding carboxylic acids is 1. The largest absolute Gasteiger partial charge is 0.474 e. The number of fused-ring (bicyclic) bond motifs is 4. The third-order valence-electron chi connectivity index (χ3n) is 5.80. The van der Waals surface area contributed by atoms with Crippen LogP contribution in [-0.4, -0.2) is 64.7 Å². The Hall–Kier alpha value is -3.18. The molecule has 2 aliphatic rings. The van der Waals surface area contributed by atoms with Gasteiger partial charge in [0.15, 0.2) is 0 Å². The van der Waals surface area contributed by atoms with E-state index in [0.717, 1.165) is 34.8 Å². The van der Waals surface area contributed by atoms with Gasteiger partial charge in [0.1, 0.15) is 22.7 Å². The molecule has 10 nitrogen and oxygen atoms in total. The summed E-state index contributed by atoms with van der Waals surface area (Å²) < 4.78 is 7.55. The fraction of sp³-hybridized carbons (Fsp3) is 0.400. The van der Waals surface area contributed by atoms with Crippen LogP contribution in [-0.2, 0) is 13.6 Å². The van der Waals surface area contributed by atoms with Crippen molar-refractivity contribution in [3.63, 3.8) is 0 Å². The SMILES string of the molecule is CNC(=O)c1ccc2c(n1)OCC1CN(Cc3cc4[nH]c(=O)n(C)c(=O)c4s3)CCN21. The highest BCUT2D eigenvalue weighted by Crippen LogP contribution is 2.34. The van der Waals surface area contributed by atoms with Crippen LogP contribution in [0.3, 0.4) is 0 Å². The number of amides is 1. The van der Waals surface area contributed by atoms with Gasteiger partial charge in [0.2, 0.25) is 5.88 Å². The van der Waals surface area contributed by atoms with Crippen molar-refractivity contribution in [3.8, 4) is 5.88 Å². The van der Waals surface area contributed by atoms with E-state index in [1.807, 2.05) is 12.1 Å². The maximum absolute atomic E-state index is 12.3. The Bertz CT molecular complexity index is 1300. The van der Waals surface area contributed by atoms with Crippen LogP contribution in [0.5, 0.6) is 5.88 Å². The molecule has 1 amide bonds. The van der Waals surface area contributed by atoms with Gasteiger partial charge in [-0.2, -0.15) is 0 Å². The third kappa shape index (κ3) is 3.39. The van der Waals surface area contributed by atoms with Crippen LogP contribution in [0.15, 0.2) is 27.8 Å². The van der Waals surface area contributed by atoms with E-state index in [9.17, 15) is 14.4 Å². The van der Waals surface area contributed by atoms with Gasteiger partial charge in [0.25, 0.3) is 11.5 Å². The molecule has 0 bridgehead atoms. The number of aromatic amines is 1. The third-order valence-corrected chi connectivity index (χ3v) is 6.90. The van der Waals surface area contributed by atoms with E-state index in [0.29, 0.717) is 34.9 Å². The first-order chi connectivity index (χ1) is 14.9. The molecule has 162 valence electrons. The van der Waals surface area contributed by atoms with Gasteiger partial charge < -0.3 is 19.9 Å². The number of aromatic nitrogens is 3. The minimum Gasteiger partial charge on any atom is -0.474 e. The van der Waals surface area contributed by atoms with Crippen molar-refractivity contribution in [1.29, 1.82) is 0 Å². The molecular weight excluding hydrogens is 420 g/mol. The number of nitrogens with one attached hydrogen (secondary N) is 2. The van der Waals surface area contributed by atoms with E-state index in [2.05, 4.69) is 25.1 Å². The van der Waals surface area contributed by atoms with E-state index < -0.39 is 5.69 Å². The lowest BCUT2D eigenvalue weighted by Gasteiger charge is -2.45. The number of hydrogen-bond acceptors (Lipinski definition) is 8. The number of thiophene rings is 1. The van der Waals surface area contributed by atoms with Crippen LogP contribution in [0.2, 0.25) is 0 Å². The van der Waals surface area contributed by atoms with E-state index >= 15 is 0 Å². The van der Waals surface area contributed by atoms with Crippen molar-refractivity contribution in [2.75, 3.05) is 38.2 Å². The fourth-order valence-corrected chi connectivity index (χ4v) is 5.28. The summed E-state index contributed by atoms with van der Waals surface area (Å²) in [5.41, 5.74) is 1.18. The van der Waals surface area contributed by atoms with Crippen molar-refractivity contribution in [1.82, 2.24) is 24.8 Å². The number of hydrogen-bond donors (Lipinski definition) is 2. The lowest BCUT2D eigenvalue weighted by molar-refractivity contribution is 0.0956. The summed E-state index contributed by atoms with van der Waals surface area (Å²) in [6, 6.07) is 5.68. The number of pyridine rings is 1. The van der Waals surface area contributed by atoms with Crippen LogP contribution >= 0.6 is 11.3 Å². The van der Waals surface area contributed by atoms with E-state index in [1.165, 1.54) is 18.4 Å². The predicted octanol–water partition coefficient (Wildman–Crippen LogP) is 0.126. The van der Waals surface area contributed by atoms with Gasteiger partial charge in [0.05, 0.1) is 11.6 Å². The van der Waals surface area contributed by atoms with Crippen LogP contribution in [0.4, 0.5) is 5.69 Å². The highest BCUT2D eigenvalue weighted by atomic mass is 32.1. The zero-order chi connectivity index (χ0) is 21.7. The molecule has 0 saturated carbocycles. The Labute approximate surface area is 181 Å². The molecule has 2 N–H and O–H groups in total. The number of H-pyrrole nitrogens is 1. The summed E-state index contributed by atoms with van der Waals surface area (Å²) in [6.07, 6.45) is 0. The van der Waals surface area contributed by atoms with Crippen LogP contribution in [0.25, 0.3) is 10.2 Å². The van der Waals surface area contributed by atoms with Gasteiger partial charge in [-0.3, -0.25) is 19.1 Å². The number of nitrogens with zero attached hydrogens (tertiary/aromatic N) is 4. The van der Waals surface area contributed by atoms with Crippen molar-refractivity contribution < 1.29 is 9.53 Å². The molecule has 2 aliphatic heterocycles. The van der Waals surface area contributed by atoms with Crippen LogP contribution in [0, 0.1) is 0 Å². The summed E-state index contributed by atoms with van der Waals surface area (Å²) in [6.45, 7) is 3.66. The monoisotopic (exact) mass is 442 g/mol. The molecule has 11 heteroatoms. The maximum Gasteiger partial charge on any atom is 0.328 e. The number of carbonyl (C=O) groups is 1. The van der Waals surface area contributed by atoms with Crippen LogP contribution in [0.1, 0.15) is 15.4 Å². The maximum atomic E-state index is 12.3. The molecule has 1 atom stereocenters. The summed E-state index contributed by atoms with van der Waals surface area (Å²) in [7, 11) is 3.05. The first-order valence-electron chi connectivity index (χ1n) is 10.0. The molecule has 1 fully saturated rings. The van der Waals surface area contributed by atoms with Gasteiger partial charge in [-0.15, -0.1) is 11.3 Å². The molecule has 0 radical (unpaired) electrons. The first-order valence-corrected chi connectivity index (χ1v) is 10.8. The second-order valence-electron chi connectivity index (χ2n) is 7.74. The van der Waals surface area contributed by atoms with Gasteiger partial charge >= 0.3 is 5.69 Å². The number of anilines is 1. The first kappa shape index (κ1) is 19.8. The standard InChI is InChI=1S/C20H22N6O4S/c1-21-17(27)13-3-4-15-18(22-13)30-10-11-8-25(5-6-26(11)15)9-12-7-14-16(31-12)19(28)24(2)20(29)23-14/h3-4,7,11H,5-6,8-10H2,1-2H3,(H,21,27)(H,23,29). The second-order valence-corrected chi connectivity index (χ2v) is 8.88. The summed E-state index contributed by atoms with van der Waals surface area (Å²) in [5.74, 6) is 0.257. The quantitative estimate of drug-likeness (QED) is 0.593. The Morgan fingerprint density at radius 1 is 1.35 bits per heavy atom. The predicted molar refractivity (Wildman–Crippen MR) is 117 cm³/mol. The molecular formula is C20H22N6O4S. The number of rotatable bonds is 3. The zero-order valence-electron chi connectivity index (χ0n) is 17.2. The average Bonchev–Trinajstić information content (AvgIpc) is 3.18. The normalized spacial score (nSPS) is 18.4. The molecule has 5 rings (SSSR count). The molecule has 3 aromatic rings. The topological polar surface area (TPSA) is 113 Å². The van der Waals surface area contributed by atoms with Crippen molar-refractivity contribution in [2.24, 2.45) is 7.05 Å². The number of piperazine rings is 1. The lowest BCUT2D eigenvalue weighted by atomic mass is 10.1. The molecule has 5 heterocycles. The Kier molecular flexibility index (Phi) is 4.78.